The molecule has 0 fully saturated rings. The lowest BCUT2D eigenvalue weighted by atomic mass is 9.91. The van der Waals surface area contributed by atoms with Crippen molar-refractivity contribution in [3.63, 3.8) is 0 Å². The zero-order chi connectivity index (χ0) is 13.6. The summed E-state index contributed by atoms with van der Waals surface area (Å²) in [6.07, 6.45) is 17.4. The molecule has 0 aromatic rings. The van der Waals surface area contributed by atoms with Crippen LogP contribution in [0.3, 0.4) is 0 Å². The Morgan fingerprint density at radius 2 is 1.61 bits per heavy atom. The summed E-state index contributed by atoms with van der Waals surface area (Å²) >= 11 is 0. The first-order valence-electron chi connectivity index (χ1n) is 7.72. The molecule has 0 N–H and O–H groups in total. The molecule has 1 heteroatoms. The molecule has 0 aliphatic rings. The Morgan fingerprint density at radius 1 is 1.00 bits per heavy atom. The second kappa shape index (κ2) is 12.7. The average Bonchev–Trinajstić information content (AvgIpc) is 2.38. The Labute approximate surface area is 114 Å². The zero-order valence-electron chi connectivity index (χ0n) is 12.3. The van der Waals surface area contributed by atoms with Gasteiger partial charge in [0.25, 0.3) is 0 Å². The van der Waals surface area contributed by atoms with E-state index in [2.05, 4.69) is 19.8 Å². The van der Waals surface area contributed by atoms with Crippen molar-refractivity contribution in [1.82, 2.24) is 0 Å². The van der Waals surface area contributed by atoms with E-state index in [0.29, 0.717) is 12.2 Å². The summed E-state index contributed by atoms with van der Waals surface area (Å²) < 4.78 is 0. The summed E-state index contributed by atoms with van der Waals surface area (Å²) in [4.78, 5) is 12.0. The van der Waals surface area contributed by atoms with E-state index in [-0.39, 0.29) is 5.92 Å². The van der Waals surface area contributed by atoms with Gasteiger partial charge in [0.05, 0.1) is 0 Å². The van der Waals surface area contributed by atoms with E-state index in [4.69, 9.17) is 6.42 Å². The van der Waals surface area contributed by atoms with E-state index in [1.54, 1.807) is 0 Å². The van der Waals surface area contributed by atoms with Gasteiger partial charge in [0.1, 0.15) is 5.78 Å². The van der Waals surface area contributed by atoms with Gasteiger partial charge in [0.2, 0.25) is 0 Å². The third kappa shape index (κ3) is 9.28. The minimum Gasteiger partial charge on any atom is -0.299 e. The van der Waals surface area contributed by atoms with E-state index in [0.717, 1.165) is 32.1 Å². The molecule has 104 valence electrons. The number of Topliss-reactive ketones (excluding diaryl/α,β-unsaturated/α-hetero) is 1. The Morgan fingerprint density at radius 3 is 2.22 bits per heavy atom. The fourth-order valence-corrected chi connectivity index (χ4v) is 2.25. The molecule has 1 nitrogen and oxygen atoms in total. The number of carbonyl (C=O) groups excluding carboxylic acids is 1. The second-order valence-corrected chi connectivity index (χ2v) is 5.23. The Bertz CT molecular complexity index is 236. The Balaban J connectivity index is 3.71. The van der Waals surface area contributed by atoms with Crippen molar-refractivity contribution in [3.05, 3.63) is 0 Å². The number of terminal acetylenes is 1. The number of ketones is 1. The smallest absolute Gasteiger partial charge is 0.136 e. The standard InChI is InChI=1S/C17H30O/c1-4-7-9-10-11-12-15-17(18)16(13-6-3)14-8-5-2/h3,16H,4-5,7-15H2,1-2H3. The van der Waals surface area contributed by atoms with Crippen molar-refractivity contribution < 1.29 is 4.79 Å². The highest BCUT2D eigenvalue weighted by molar-refractivity contribution is 5.81. The van der Waals surface area contributed by atoms with Gasteiger partial charge in [-0.3, -0.25) is 4.79 Å². The van der Waals surface area contributed by atoms with Crippen LogP contribution in [0, 0.1) is 18.3 Å². The third-order valence-corrected chi connectivity index (χ3v) is 3.50. The van der Waals surface area contributed by atoms with Gasteiger partial charge in [-0.05, 0) is 12.8 Å². The van der Waals surface area contributed by atoms with E-state index in [1.807, 2.05) is 0 Å². The van der Waals surface area contributed by atoms with Crippen LogP contribution in [0.25, 0.3) is 0 Å². The van der Waals surface area contributed by atoms with Crippen LogP contribution in [-0.4, -0.2) is 5.78 Å². The van der Waals surface area contributed by atoms with Crippen LogP contribution in [0.1, 0.15) is 84.5 Å². The molecule has 1 unspecified atom stereocenters. The number of carbonyl (C=O) groups is 1. The zero-order valence-corrected chi connectivity index (χ0v) is 12.3. The summed E-state index contributed by atoms with van der Waals surface area (Å²) in [5.41, 5.74) is 0. The van der Waals surface area contributed by atoms with Gasteiger partial charge in [-0.25, -0.2) is 0 Å². The normalized spacial score (nSPS) is 12.1. The van der Waals surface area contributed by atoms with E-state index < -0.39 is 0 Å². The second-order valence-electron chi connectivity index (χ2n) is 5.23. The molecule has 0 heterocycles. The molecule has 0 bridgehead atoms. The number of rotatable bonds is 12. The summed E-state index contributed by atoms with van der Waals surface area (Å²) in [7, 11) is 0. The van der Waals surface area contributed by atoms with Crippen LogP contribution in [0.15, 0.2) is 0 Å². The number of hydrogen-bond acceptors (Lipinski definition) is 1. The Kier molecular flexibility index (Phi) is 12.1. The van der Waals surface area contributed by atoms with Crippen LogP contribution in [0.5, 0.6) is 0 Å². The average molecular weight is 250 g/mol. The maximum Gasteiger partial charge on any atom is 0.136 e. The van der Waals surface area contributed by atoms with Crippen LogP contribution < -0.4 is 0 Å². The summed E-state index contributed by atoms with van der Waals surface area (Å²) in [6.45, 7) is 4.38. The predicted octanol–water partition coefficient (Wildman–Crippen LogP) is 5.14. The molecule has 0 amide bonds. The number of unbranched alkanes of at least 4 members (excludes halogenated alkanes) is 6. The molecule has 0 aromatic heterocycles. The minimum atomic E-state index is 0.130. The van der Waals surface area contributed by atoms with Crippen LogP contribution in [0.2, 0.25) is 0 Å². The Hall–Kier alpha value is -0.770. The van der Waals surface area contributed by atoms with Gasteiger partial charge in [0.15, 0.2) is 0 Å². The molecule has 0 radical (unpaired) electrons. The first kappa shape index (κ1) is 17.2. The molecule has 0 aromatic carbocycles. The lowest BCUT2D eigenvalue weighted by Crippen LogP contribution is -2.14. The molecule has 18 heavy (non-hydrogen) atoms. The van der Waals surface area contributed by atoms with Crippen molar-refractivity contribution >= 4 is 5.78 Å². The highest BCUT2D eigenvalue weighted by Crippen LogP contribution is 2.17. The molecule has 0 rings (SSSR count). The van der Waals surface area contributed by atoms with Crippen molar-refractivity contribution in [3.8, 4) is 12.3 Å². The molecule has 0 saturated heterocycles. The first-order valence-corrected chi connectivity index (χ1v) is 7.72. The van der Waals surface area contributed by atoms with Gasteiger partial charge in [-0.15, -0.1) is 12.3 Å². The van der Waals surface area contributed by atoms with Crippen molar-refractivity contribution in [2.45, 2.75) is 84.5 Å². The van der Waals surface area contributed by atoms with Gasteiger partial charge in [-0.1, -0.05) is 58.8 Å². The maximum atomic E-state index is 12.0. The predicted molar refractivity (Wildman–Crippen MR) is 79.5 cm³/mol. The van der Waals surface area contributed by atoms with E-state index >= 15 is 0 Å². The van der Waals surface area contributed by atoms with Gasteiger partial charge >= 0.3 is 0 Å². The molecular weight excluding hydrogens is 220 g/mol. The topological polar surface area (TPSA) is 17.1 Å². The van der Waals surface area contributed by atoms with Crippen molar-refractivity contribution in [1.29, 1.82) is 0 Å². The lowest BCUT2D eigenvalue weighted by molar-refractivity contribution is -0.123. The minimum absolute atomic E-state index is 0.130. The van der Waals surface area contributed by atoms with Gasteiger partial charge < -0.3 is 0 Å². The summed E-state index contributed by atoms with van der Waals surface area (Å²) in [5.74, 6) is 3.19. The summed E-state index contributed by atoms with van der Waals surface area (Å²) in [6, 6.07) is 0. The molecule has 0 saturated carbocycles. The molecule has 0 aliphatic carbocycles. The monoisotopic (exact) mass is 250 g/mol. The fraction of sp³-hybridized carbons (Fsp3) is 0.824. The van der Waals surface area contributed by atoms with E-state index in [1.165, 1.54) is 32.1 Å². The quantitative estimate of drug-likeness (QED) is 0.346. The highest BCUT2D eigenvalue weighted by atomic mass is 16.1. The summed E-state index contributed by atoms with van der Waals surface area (Å²) in [5, 5.41) is 0. The molecule has 0 spiro atoms. The van der Waals surface area contributed by atoms with Gasteiger partial charge in [0, 0.05) is 18.8 Å². The third-order valence-electron chi connectivity index (χ3n) is 3.50. The highest BCUT2D eigenvalue weighted by Gasteiger charge is 2.15. The van der Waals surface area contributed by atoms with Gasteiger partial charge in [-0.2, -0.15) is 0 Å². The van der Waals surface area contributed by atoms with Crippen LogP contribution in [0.4, 0.5) is 0 Å². The first-order chi connectivity index (χ1) is 8.76. The fourth-order valence-electron chi connectivity index (χ4n) is 2.25. The van der Waals surface area contributed by atoms with Crippen LogP contribution >= 0.6 is 0 Å². The van der Waals surface area contributed by atoms with E-state index in [9.17, 15) is 4.79 Å². The molecule has 1 atom stereocenters. The van der Waals surface area contributed by atoms with Crippen LogP contribution in [-0.2, 0) is 4.79 Å². The van der Waals surface area contributed by atoms with Crippen molar-refractivity contribution in [2.24, 2.45) is 5.92 Å². The largest absolute Gasteiger partial charge is 0.299 e. The SMILES string of the molecule is C#CCC(CCCC)C(=O)CCCCCCCC. The number of hydrogen-bond donors (Lipinski definition) is 0. The molecular formula is C17H30O. The van der Waals surface area contributed by atoms with Crippen molar-refractivity contribution in [2.75, 3.05) is 0 Å². The lowest BCUT2D eigenvalue weighted by Gasteiger charge is -2.12. The maximum absolute atomic E-state index is 12.0. The molecule has 0 aliphatic heterocycles.